The highest BCUT2D eigenvalue weighted by Gasteiger charge is 2.24. The minimum atomic E-state index is -0.0401. The summed E-state index contributed by atoms with van der Waals surface area (Å²) < 4.78 is 1.77. The van der Waals surface area contributed by atoms with Gasteiger partial charge < -0.3 is 15.2 Å². The smallest absolute Gasteiger partial charge is 0.256 e. The van der Waals surface area contributed by atoms with Crippen molar-refractivity contribution in [2.75, 3.05) is 36.5 Å². The lowest BCUT2D eigenvalue weighted by Gasteiger charge is -2.23. The molecule has 10 nitrogen and oxygen atoms in total. The Bertz CT molecular complexity index is 1180. The molecule has 0 spiro atoms. The zero-order chi connectivity index (χ0) is 22.7. The van der Waals surface area contributed by atoms with Crippen LogP contribution in [0, 0.1) is 19.3 Å². The minimum absolute atomic E-state index is 0.0401. The molecule has 0 saturated carbocycles. The van der Waals surface area contributed by atoms with Crippen molar-refractivity contribution >= 4 is 41.0 Å². The molecule has 0 radical (unpaired) electrons. The van der Waals surface area contributed by atoms with E-state index in [0.29, 0.717) is 36.8 Å². The van der Waals surface area contributed by atoms with Gasteiger partial charge in [-0.05, 0) is 32.4 Å². The molecule has 10 heteroatoms. The molecule has 32 heavy (non-hydrogen) atoms. The van der Waals surface area contributed by atoms with Crippen molar-refractivity contribution in [2.45, 2.75) is 20.3 Å². The van der Waals surface area contributed by atoms with Crippen molar-refractivity contribution in [1.29, 1.82) is 5.41 Å². The molecule has 1 fully saturated rings. The number of nitrogens with one attached hydrogen (secondary N) is 2. The fraction of sp³-hybridized carbons (Fsp3) is 0.364. The number of carbonyl (C=O) groups excluding carboxylic acids is 1. The summed E-state index contributed by atoms with van der Waals surface area (Å²) in [5.74, 6) is 0.621. The van der Waals surface area contributed by atoms with Gasteiger partial charge in [-0.1, -0.05) is 11.6 Å². The standard InChI is InChI=1S/C22H27N9O/c1-15-5-6-19(27-25-8-7-23)17(13-15)21(32)30-9-4-10-31(12-11-30)22-24-14-18-16(2)28-29(3)20(18)26-22/h5-8,13-14,23,27H,4,9-12H2,1-3H3/b23-7?,25-8-. The third-order valence-corrected chi connectivity index (χ3v) is 5.56. The van der Waals surface area contributed by atoms with Crippen LogP contribution in [0.15, 0.2) is 29.5 Å². The summed E-state index contributed by atoms with van der Waals surface area (Å²) in [5, 5.41) is 16.4. The number of nitrogens with zero attached hydrogens (tertiary/aromatic N) is 7. The Morgan fingerprint density at radius 3 is 2.88 bits per heavy atom. The largest absolute Gasteiger partial charge is 0.339 e. The van der Waals surface area contributed by atoms with E-state index in [1.54, 1.807) is 4.68 Å². The molecule has 0 aliphatic carbocycles. The van der Waals surface area contributed by atoms with Crippen molar-refractivity contribution in [2.24, 2.45) is 12.1 Å². The number of aromatic nitrogens is 4. The van der Waals surface area contributed by atoms with Crippen molar-refractivity contribution in [3.8, 4) is 0 Å². The lowest BCUT2D eigenvalue weighted by atomic mass is 10.1. The van der Waals surface area contributed by atoms with E-state index in [4.69, 9.17) is 10.4 Å². The number of benzene rings is 1. The monoisotopic (exact) mass is 433 g/mol. The Morgan fingerprint density at radius 2 is 2.06 bits per heavy atom. The van der Waals surface area contributed by atoms with Gasteiger partial charge in [0.25, 0.3) is 5.91 Å². The summed E-state index contributed by atoms with van der Waals surface area (Å²) in [6, 6.07) is 5.64. The molecular weight excluding hydrogens is 406 g/mol. The molecule has 0 bridgehead atoms. The van der Waals surface area contributed by atoms with Gasteiger partial charge in [0.15, 0.2) is 5.65 Å². The molecule has 166 valence electrons. The summed E-state index contributed by atoms with van der Waals surface area (Å²) in [6.45, 7) is 6.55. The highest BCUT2D eigenvalue weighted by molar-refractivity contribution is 6.14. The third-order valence-electron chi connectivity index (χ3n) is 5.56. The molecule has 3 aromatic rings. The lowest BCUT2D eigenvalue weighted by Crippen LogP contribution is -2.36. The van der Waals surface area contributed by atoms with Gasteiger partial charge in [0.05, 0.1) is 28.5 Å². The van der Waals surface area contributed by atoms with E-state index in [1.807, 2.05) is 50.2 Å². The number of carbonyl (C=O) groups is 1. The van der Waals surface area contributed by atoms with Crippen LogP contribution in [0.5, 0.6) is 0 Å². The summed E-state index contributed by atoms with van der Waals surface area (Å²) in [6.07, 6.45) is 5.06. The normalized spacial score (nSPS) is 14.7. The number of amides is 1. The third kappa shape index (κ3) is 4.29. The second-order valence-electron chi connectivity index (χ2n) is 7.85. The molecule has 1 aliphatic heterocycles. The Labute approximate surface area is 186 Å². The van der Waals surface area contributed by atoms with Gasteiger partial charge in [0.1, 0.15) is 0 Å². The van der Waals surface area contributed by atoms with Crippen LogP contribution in [0.4, 0.5) is 11.6 Å². The van der Waals surface area contributed by atoms with Gasteiger partial charge in [-0.15, -0.1) is 0 Å². The molecule has 4 rings (SSSR count). The summed E-state index contributed by atoms with van der Waals surface area (Å²) >= 11 is 0. The molecule has 1 aliphatic rings. The molecule has 3 heterocycles. The van der Waals surface area contributed by atoms with Crippen LogP contribution in [0.3, 0.4) is 0 Å². The van der Waals surface area contributed by atoms with Crippen LogP contribution in [0.25, 0.3) is 11.0 Å². The molecule has 1 saturated heterocycles. The second-order valence-corrected chi connectivity index (χ2v) is 7.85. The zero-order valence-electron chi connectivity index (χ0n) is 18.5. The maximum Gasteiger partial charge on any atom is 0.256 e. The minimum Gasteiger partial charge on any atom is -0.339 e. The highest BCUT2D eigenvalue weighted by Crippen LogP contribution is 2.22. The van der Waals surface area contributed by atoms with Crippen LogP contribution in [0.2, 0.25) is 0 Å². The Hall–Kier alpha value is -3.82. The first kappa shape index (κ1) is 21.4. The van der Waals surface area contributed by atoms with Gasteiger partial charge in [-0.3, -0.25) is 14.9 Å². The topological polar surface area (TPSA) is 115 Å². The molecule has 2 N–H and O–H groups in total. The number of fused-ring (bicyclic) bond motifs is 1. The van der Waals surface area contributed by atoms with E-state index in [-0.39, 0.29) is 5.91 Å². The van der Waals surface area contributed by atoms with Gasteiger partial charge >= 0.3 is 0 Å². The lowest BCUT2D eigenvalue weighted by molar-refractivity contribution is 0.0768. The molecule has 1 aromatic carbocycles. The summed E-state index contributed by atoms with van der Waals surface area (Å²) in [7, 11) is 1.88. The Kier molecular flexibility index (Phi) is 6.11. The van der Waals surface area contributed by atoms with Crippen LogP contribution in [0.1, 0.15) is 28.0 Å². The van der Waals surface area contributed by atoms with Crippen LogP contribution in [-0.2, 0) is 7.05 Å². The SMILES string of the molecule is Cc1ccc(N/N=C\C=N)c(C(=O)N2CCCN(c3ncc4c(C)nn(C)c4n3)CC2)c1. The summed E-state index contributed by atoms with van der Waals surface area (Å²) in [5.41, 5.74) is 6.79. The van der Waals surface area contributed by atoms with Crippen molar-refractivity contribution in [3.05, 3.63) is 41.2 Å². The van der Waals surface area contributed by atoms with Gasteiger partial charge in [0, 0.05) is 45.6 Å². The Morgan fingerprint density at radius 1 is 1.22 bits per heavy atom. The number of aryl methyl sites for hydroxylation is 3. The molecule has 0 unspecified atom stereocenters. The summed E-state index contributed by atoms with van der Waals surface area (Å²) in [4.78, 5) is 26.6. The molecule has 1 amide bonds. The van der Waals surface area contributed by atoms with Crippen molar-refractivity contribution < 1.29 is 4.79 Å². The van der Waals surface area contributed by atoms with E-state index >= 15 is 0 Å². The second kappa shape index (κ2) is 9.13. The van der Waals surface area contributed by atoms with Crippen molar-refractivity contribution in [1.82, 2.24) is 24.6 Å². The fourth-order valence-corrected chi connectivity index (χ4v) is 3.91. The predicted octanol–water partition coefficient (Wildman–Crippen LogP) is 2.38. The predicted molar refractivity (Wildman–Crippen MR) is 126 cm³/mol. The zero-order valence-corrected chi connectivity index (χ0v) is 18.5. The molecule has 0 atom stereocenters. The molecule has 2 aromatic heterocycles. The fourth-order valence-electron chi connectivity index (χ4n) is 3.91. The first-order chi connectivity index (χ1) is 15.5. The van der Waals surface area contributed by atoms with E-state index in [9.17, 15) is 4.79 Å². The van der Waals surface area contributed by atoms with E-state index in [1.165, 1.54) is 6.21 Å². The number of hydrazone groups is 1. The quantitative estimate of drug-likeness (QED) is 0.472. The Balaban J connectivity index is 1.52. The molecular formula is C22H27N9O. The van der Waals surface area contributed by atoms with Gasteiger partial charge in [-0.25, -0.2) is 4.98 Å². The number of hydrogen-bond donors (Lipinski definition) is 2. The highest BCUT2D eigenvalue weighted by atomic mass is 16.2. The number of rotatable bonds is 5. The average Bonchev–Trinajstić information content (AvgIpc) is 2.96. The number of anilines is 2. The van der Waals surface area contributed by atoms with Crippen LogP contribution in [-0.4, -0.2) is 69.2 Å². The first-order valence-corrected chi connectivity index (χ1v) is 10.6. The van der Waals surface area contributed by atoms with Crippen LogP contribution < -0.4 is 10.3 Å². The van der Waals surface area contributed by atoms with E-state index < -0.39 is 0 Å². The van der Waals surface area contributed by atoms with Crippen molar-refractivity contribution in [3.63, 3.8) is 0 Å². The maximum atomic E-state index is 13.4. The van der Waals surface area contributed by atoms with E-state index in [2.05, 4.69) is 25.5 Å². The van der Waals surface area contributed by atoms with Gasteiger partial charge in [0.2, 0.25) is 5.95 Å². The first-order valence-electron chi connectivity index (χ1n) is 10.6. The average molecular weight is 434 g/mol. The number of hydrogen-bond acceptors (Lipinski definition) is 8. The van der Waals surface area contributed by atoms with E-state index in [0.717, 1.165) is 41.5 Å². The van der Waals surface area contributed by atoms with Gasteiger partial charge in [-0.2, -0.15) is 15.2 Å². The maximum absolute atomic E-state index is 13.4. The van der Waals surface area contributed by atoms with Crippen LogP contribution >= 0.6 is 0 Å².